The summed E-state index contributed by atoms with van der Waals surface area (Å²) in [5, 5.41) is 4.84. The molecule has 0 radical (unpaired) electrons. The largest absolute Gasteiger partial charge is 0.461 e. The summed E-state index contributed by atoms with van der Waals surface area (Å²) in [5.41, 5.74) is -0.181. The lowest BCUT2D eigenvalue weighted by atomic mass is 10.0. The van der Waals surface area contributed by atoms with Crippen molar-refractivity contribution in [2.75, 3.05) is 6.61 Å². The van der Waals surface area contributed by atoms with Crippen LogP contribution in [-0.4, -0.2) is 28.1 Å². The Morgan fingerprint density at radius 1 is 1.10 bits per heavy atom. The number of benzene rings is 2. The minimum absolute atomic E-state index is 0.0426. The van der Waals surface area contributed by atoms with Gasteiger partial charge in [-0.05, 0) is 43.3 Å². The third kappa shape index (κ3) is 3.69. The molecule has 0 unspecified atom stereocenters. The SMILES string of the molecule is CCOC(=O)c1nn(-c2ccc(Br)cc2)cc1C(=O)c1cc2ccccc2oc1=O. The van der Waals surface area contributed by atoms with Gasteiger partial charge in [-0.25, -0.2) is 14.3 Å². The minimum atomic E-state index is -0.787. The van der Waals surface area contributed by atoms with Crippen molar-refractivity contribution in [1.82, 2.24) is 9.78 Å². The Labute approximate surface area is 179 Å². The van der Waals surface area contributed by atoms with E-state index in [0.29, 0.717) is 16.7 Å². The van der Waals surface area contributed by atoms with Crippen LogP contribution in [0.25, 0.3) is 16.7 Å². The molecule has 0 bridgehead atoms. The molecule has 0 N–H and O–H groups in total. The Morgan fingerprint density at radius 3 is 2.57 bits per heavy atom. The fourth-order valence-electron chi connectivity index (χ4n) is 2.98. The lowest BCUT2D eigenvalue weighted by Crippen LogP contribution is -2.17. The number of hydrogen-bond donors (Lipinski definition) is 0. The number of ether oxygens (including phenoxy) is 1. The Balaban J connectivity index is 1.85. The third-order valence-corrected chi connectivity index (χ3v) is 4.93. The van der Waals surface area contributed by atoms with Crippen molar-refractivity contribution >= 4 is 38.7 Å². The van der Waals surface area contributed by atoms with Gasteiger partial charge in [0, 0.05) is 16.1 Å². The predicted molar refractivity (Wildman–Crippen MR) is 113 cm³/mol. The number of rotatable bonds is 5. The first kappa shape index (κ1) is 19.8. The average molecular weight is 467 g/mol. The number of carbonyl (C=O) groups is 2. The highest BCUT2D eigenvalue weighted by Crippen LogP contribution is 2.20. The first-order valence-electron chi connectivity index (χ1n) is 9.08. The Hall–Kier alpha value is -3.52. The molecule has 4 rings (SSSR count). The summed E-state index contributed by atoms with van der Waals surface area (Å²) in [6.45, 7) is 1.78. The smallest absolute Gasteiger partial charge is 0.359 e. The van der Waals surface area contributed by atoms with Crippen LogP contribution in [0, 0.1) is 0 Å². The van der Waals surface area contributed by atoms with Gasteiger partial charge < -0.3 is 9.15 Å². The molecular formula is C22H15BrN2O5. The van der Waals surface area contributed by atoms with Crippen molar-refractivity contribution < 1.29 is 18.7 Å². The van der Waals surface area contributed by atoms with Gasteiger partial charge >= 0.3 is 11.6 Å². The number of para-hydroxylation sites is 1. The van der Waals surface area contributed by atoms with Crippen molar-refractivity contribution in [3.8, 4) is 5.69 Å². The topological polar surface area (TPSA) is 91.4 Å². The zero-order valence-electron chi connectivity index (χ0n) is 15.8. The van der Waals surface area contributed by atoms with E-state index in [4.69, 9.17) is 9.15 Å². The normalized spacial score (nSPS) is 10.9. The summed E-state index contributed by atoms with van der Waals surface area (Å²) in [6, 6.07) is 15.5. The number of halogens is 1. The molecule has 0 atom stereocenters. The van der Waals surface area contributed by atoms with Gasteiger partial charge in [-0.1, -0.05) is 34.1 Å². The quantitative estimate of drug-likeness (QED) is 0.249. The molecule has 7 nitrogen and oxygen atoms in total. The molecule has 0 saturated carbocycles. The van der Waals surface area contributed by atoms with Crippen LogP contribution in [0.3, 0.4) is 0 Å². The maximum atomic E-state index is 13.2. The first-order chi connectivity index (χ1) is 14.5. The number of esters is 1. The Morgan fingerprint density at radius 2 is 1.83 bits per heavy atom. The van der Waals surface area contributed by atoms with Gasteiger partial charge in [-0.3, -0.25) is 4.79 Å². The summed E-state index contributed by atoms with van der Waals surface area (Å²) >= 11 is 3.36. The van der Waals surface area contributed by atoms with Gasteiger partial charge in [-0.2, -0.15) is 5.10 Å². The van der Waals surface area contributed by atoms with Crippen LogP contribution in [0.15, 0.2) is 74.5 Å². The molecule has 4 aromatic rings. The lowest BCUT2D eigenvalue weighted by molar-refractivity contribution is 0.0516. The molecule has 30 heavy (non-hydrogen) atoms. The Kier molecular flexibility index (Phi) is 5.33. The molecule has 0 aliphatic carbocycles. The second-order valence-electron chi connectivity index (χ2n) is 6.35. The minimum Gasteiger partial charge on any atom is -0.461 e. The van der Waals surface area contributed by atoms with Crippen LogP contribution in [-0.2, 0) is 4.74 Å². The highest BCUT2D eigenvalue weighted by molar-refractivity contribution is 9.10. The van der Waals surface area contributed by atoms with Crippen LogP contribution in [0.1, 0.15) is 33.3 Å². The maximum Gasteiger partial charge on any atom is 0.359 e. The van der Waals surface area contributed by atoms with Crippen molar-refractivity contribution in [3.05, 3.63) is 92.5 Å². The second kappa shape index (κ2) is 8.08. The third-order valence-electron chi connectivity index (χ3n) is 4.40. The van der Waals surface area contributed by atoms with Crippen molar-refractivity contribution in [3.63, 3.8) is 0 Å². The summed E-state index contributed by atoms with van der Waals surface area (Å²) in [5.74, 6) is -1.41. The zero-order chi connectivity index (χ0) is 21.3. The number of fused-ring (bicyclic) bond motifs is 1. The van der Waals surface area contributed by atoms with Crippen LogP contribution >= 0.6 is 15.9 Å². The van der Waals surface area contributed by atoms with E-state index in [9.17, 15) is 14.4 Å². The van der Waals surface area contributed by atoms with E-state index in [0.717, 1.165) is 4.47 Å². The van der Waals surface area contributed by atoms with E-state index in [1.165, 1.54) is 16.9 Å². The molecule has 0 spiro atoms. The van der Waals surface area contributed by atoms with Crippen LogP contribution < -0.4 is 5.63 Å². The second-order valence-corrected chi connectivity index (χ2v) is 7.26. The molecular weight excluding hydrogens is 452 g/mol. The number of hydrogen-bond acceptors (Lipinski definition) is 6. The molecule has 0 fully saturated rings. The summed E-state index contributed by atoms with van der Waals surface area (Å²) in [6.07, 6.45) is 1.41. The highest BCUT2D eigenvalue weighted by Gasteiger charge is 2.27. The summed E-state index contributed by atoms with van der Waals surface area (Å²) in [4.78, 5) is 38.1. The van der Waals surface area contributed by atoms with Crippen molar-refractivity contribution in [1.29, 1.82) is 0 Å². The van der Waals surface area contributed by atoms with Crippen molar-refractivity contribution in [2.45, 2.75) is 6.92 Å². The van der Waals surface area contributed by atoms with Gasteiger partial charge in [-0.15, -0.1) is 0 Å². The predicted octanol–water partition coefficient (Wildman–Crippen LogP) is 4.15. The van der Waals surface area contributed by atoms with E-state index < -0.39 is 17.4 Å². The molecule has 0 amide bonds. The molecule has 8 heteroatoms. The molecule has 150 valence electrons. The average Bonchev–Trinajstić information content (AvgIpc) is 3.19. The van der Waals surface area contributed by atoms with E-state index in [2.05, 4.69) is 21.0 Å². The van der Waals surface area contributed by atoms with Gasteiger partial charge in [0.1, 0.15) is 11.1 Å². The fourth-order valence-corrected chi connectivity index (χ4v) is 3.25. The molecule has 0 aliphatic heterocycles. The zero-order valence-corrected chi connectivity index (χ0v) is 17.4. The van der Waals surface area contributed by atoms with Gasteiger partial charge in [0.25, 0.3) is 0 Å². The monoisotopic (exact) mass is 466 g/mol. The van der Waals surface area contributed by atoms with E-state index >= 15 is 0 Å². The van der Waals surface area contributed by atoms with Gasteiger partial charge in [0.15, 0.2) is 5.69 Å². The van der Waals surface area contributed by atoms with Gasteiger partial charge in [0.2, 0.25) is 5.78 Å². The number of carbonyl (C=O) groups excluding carboxylic acids is 2. The first-order valence-corrected chi connectivity index (χ1v) is 9.87. The molecule has 0 saturated heterocycles. The van der Waals surface area contributed by atoms with Crippen LogP contribution in [0.5, 0.6) is 0 Å². The number of aromatic nitrogens is 2. The molecule has 0 aliphatic rings. The van der Waals surface area contributed by atoms with Crippen LogP contribution in [0.2, 0.25) is 0 Å². The van der Waals surface area contributed by atoms with Crippen LogP contribution in [0.4, 0.5) is 0 Å². The van der Waals surface area contributed by atoms with E-state index in [1.807, 2.05) is 0 Å². The lowest BCUT2D eigenvalue weighted by Gasteiger charge is -2.02. The van der Waals surface area contributed by atoms with Gasteiger partial charge in [0.05, 0.1) is 17.9 Å². The van der Waals surface area contributed by atoms with E-state index in [1.54, 1.807) is 55.5 Å². The molecule has 2 heterocycles. The summed E-state index contributed by atoms with van der Waals surface area (Å²) < 4.78 is 12.6. The standard InChI is InChI=1S/C22H15BrN2O5/c1-2-29-22(28)19-17(12-25(24-19)15-9-7-14(23)8-10-15)20(26)16-11-13-5-3-4-6-18(13)30-21(16)27/h3-12H,2H2,1H3. The number of ketones is 1. The highest BCUT2D eigenvalue weighted by atomic mass is 79.9. The molecule has 2 aromatic heterocycles. The Bertz CT molecular complexity index is 1320. The maximum absolute atomic E-state index is 13.2. The van der Waals surface area contributed by atoms with Crippen molar-refractivity contribution in [2.24, 2.45) is 0 Å². The molecule has 2 aromatic carbocycles. The number of nitrogens with zero attached hydrogens (tertiary/aromatic N) is 2. The van der Waals surface area contributed by atoms with E-state index in [-0.39, 0.29) is 23.4 Å². The fraction of sp³-hybridized carbons (Fsp3) is 0.0909. The summed E-state index contributed by atoms with van der Waals surface area (Å²) in [7, 11) is 0.